The van der Waals surface area contributed by atoms with E-state index in [0.717, 1.165) is 45.0 Å². The average molecular weight is 398 g/mol. The Labute approximate surface area is 172 Å². The fourth-order valence-electron chi connectivity index (χ4n) is 3.43. The van der Waals surface area contributed by atoms with Crippen LogP contribution in [-0.4, -0.2) is 57.5 Å². The maximum atomic E-state index is 12.2. The van der Waals surface area contributed by atoms with Gasteiger partial charge in [0.05, 0.1) is 6.54 Å². The van der Waals surface area contributed by atoms with Crippen LogP contribution in [0.2, 0.25) is 0 Å². The number of thioether (sulfide) groups is 1. The van der Waals surface area contributed by atoms with Crippen molar-refractivity contribution in [2.24, 2.45) is 0 Å². The zero-order valence-corrected chi connectivity index (χ0v) is 17.2. The average Bonchev–Trinajstić information content (AvgIpc) is 2.74. The summed E-state index contributed by atoms with van der Waals surface area (Å²) in [7, 11) is 0. The Morgan fingerprint density at radius 2 is 1.57 bits per heavy atom. The monoisotopic (exact) mass is 397 g/mol. The van der Waals surface area contributed by atoms with Gasteiger partial charge in [0.15, 0.2) is 6.54 Å². The molecule has 3 rings (SSSR count). The Morgan fingerprint density at radius 1 is 0.929 bits per heavy atom. The lowest BCUT2D eigenvalue weighted by atomic mass is 10.2. The van der Waals surface area contributed by atoms with Crippen LogP contribution in [0.5, 0.6) is 0 Å². The number of piperazine rings is 1. The standard InChI is InChI=1S/C23H29N3OS/c27-23(24-13-19-28-22-11-5-2-6-12-22)20-26-17-15-25(16-18-26)14-7-10-21-8-3-1-4-9-21/h1-12H,13-20H2,(H,24,27)/p+2/b10-7+. The van der Waals surface area contributed by atoms with E-state index in [9.17, 15) is 4.79 Å². The van der Waals surface area contributed by atoms with Crippen LogP contribution >= 0.6 is 11.8 Å². The quantitative estimate of drug-likeness (QED) is 0.423. The summed E-state index contributed by atoms with van der Waals surface area (Å²) in [5.74, 6) is 1.09. The van der Waals surface area contributed by atoms with Crippen LogP contribution < -0.4 is 15.1 Å². The van der Waals surface area contributed by atoms with Crippen molar-refractivity contribution in [3.8, 4) is 0 Å². The number of nitrogens with one attached hydrogen (secondary N) is 3. The SMILES string of the molecule is O=C(C[NH+]1CC[NH+](C/C=C/c2ccccc2)CC1)NCCSc1ccccc1. The largest absolute Gasteiger partial charge is 0.350 e. The van der Waals surface area contributed by atoms with Crippen LogP contribution in [0.3, 0.4) is 0 Å². The molecular weight excluding hydrogens is 366 g/mol. The van der Waals surface area contributed by atoms with Crippen molar-refractivity contribution in [2.45, 2.75) is 4.90 Å². The molecule has 1 heterocycles. The molecule has 1 aliphatic heterocycles. The molecule has 148 valence electrons. The van der Waals surface area contributed by atoms with Gasteiger partial charge >= 0.3 is 0 Å². The zero-order valence-electron chi connectivity index (χ0n) is 16.4. The molecule has 2 aromatic rings. The molecule has 0 spiro atoms. The van der Waals surface area contributed by atoms with E-state index < -0.39 is 0 Å². The normalized spacial score (nSPS) is 19.6. The molecule has 0 saturated carbocycles. The number of carbonyl (C=O) groups excluding carboxylic acids is 1. The first-order chi connectivity index (χ1) is 13.8. The zero-order chi connectivity index (χ0) is 19.4. The van der Waals surface area contributed by atoms with Crippen molar-refractivity contribution < 1.29 is 14.6 Å². The molecule has 0 aliphatic carbocycles. The minimum Gasteiger partial charge on any atom is -0.350 e. The Bertz CT molecular complexity index is 728. The van der Waals surface area contributed by atoms with Gasteiger partial charge in [0.1, 0.15) is 26.2 Å². The minimum atomic E-state index is 0.177. The maximum absolute atomic E-state index is 12.2. The van der Waals surface area contributed by atoms with Gasteiger partial charge in [0, 0.05) is 17.2 Å². The van der Waals surface area contributed by atoms with Gasteiger partial charge in [-0.3, -0.25) is 4.79 Å². The van der Waals surface area contributed by atoms with Crippen LogP contribution in [0, 0.1) is 0 Å². The second-order valence-corrected chi connectivity index (χ2v) is 8.37. The highest BCUT2D eigenvalue weighted by Crippen LogP contribution is 2.15. The molecule has 2 aromatic carbocycles. The number of rotatable bonds is 9. The van der Waals surface area contributed by atoms with Gasteiger partial charge in [-0.05, 0) is 23.8 Å². The Morgan fingerprint density at radius 3 is 2.29 bits per heavy atom. The van der Waals surface area contributed by atoms with E-state index in [2.05, 4.69) is 53.9 Å². The van der Waals surface area contributed by atoms with E-state index in [4.69, 9.17) is 0 Å². The molecule has 0 bridgehead atoms. The van der Waals surface area contributed by atoms with E-state index in [1.54, 1.807) is 16.7 Å². The van der Waals surface area contributed by atoms with Crippen molar-refractivity contribution in [1.29, 1.82) is 0 Å². The summed E-state index contributed by atoms with van der Waals surface area (Å²) in [6, 6.07) is 20.8. The van der Waals surface area contributed by atoms with Crippen molar-refractivity contribution in [3.05, 3.63) is 72.3 Å². The van der Waals surface area contributed by atoms with E-state index in [-0.39, 0.29) is 5.91 Å². The number of benzene rings is 2. The van der Waals surface area contributed by atoms with Gasteiger partial charge < -0.3 is 15.1 Å². The van der Waals surface area contributed by atoms with Gasteiger partial charge in [0.2, 0.25) is 0 Å². The van der Waals surface area contributed by atoms with Crippen LogP contribution in [0.1, 0.15) is 5.56 Å². The first-order valence-electron chi connectivity index (χ1n) is 10.1. The molecule has 4 nitrogen and oxygen atoms in total. The number of amides is 1. The third-order valence-electron chi connectivity index (χ3n) is 5.03. The molecule has 28 heavy (non-hydrogen) atoms. The van der Waals surface area contributed by atoms with E-state index in [0.29, 0.717) is 6.54 Å². The second-order valence-electron chi connectivity index (χ2n) is 7.21. The van der Waals surface area contributed by atoms with Crippen LogP contribution in [0.15, 0.2) is 71.6 Å². The lowest BCUT2D eigenvalue weighted by Gasteiger charge is -2.28. The van der Waals surface area contributed by atoms with Gasteiger partial charge in [-0.15, -0.1) is 11.8 Å². The summed E-state index contributed by atoms with van der Waals surface area (Å²) in [6.45, 7) is 6.79. The summed E-state index contributed by atoms with van der Waals surface area (Å²) in [5, 5.41) is 3.07. The third kappa shape index (κ3) is 7.50. The van der Waals surface area contributed by atoms with Crippen molar-refractivity contribution >= 4 is 23.7 Å². The molecule has 1 fully saturated rings. The first-order valence-corrected chi connectivity index (χ1v) is 11.1. The van der Waals surface area contributed by atoms with Crippen LogP contribution in [0.4, 0.5) is 0 Å². The molecule has 0 unspecified atom stereocenters. The van der Waals surface area contributed by atoms with Gasteiger partial charge in [-0.1, -0.05) is 54.6 Å². The highest BCUT2D eigenvalue weighted by molar-refractivity contribution is 7.99. The number of hydrogen-bond acceptors (Lipinski definition) is 2. The Kier molecular flexibility index (Phi) is 8.62. The minimum absolute atomic E-state index is 0.177. The summed E-state index contributed by atoms with van der Waals surface area (Å²) >= 11 is 1.78. The van der Waals surface area contributed by atoms with Gasteiger partial charge in [-0.25, -0.2) is 0 Å². The lowest BCUT2D eigenvalue weighted by molar-refractivity contribution is -1.01. The van der Waals surface area contributed by atoms with Crippen molar-refractivity contribution in [1.82, 2.24) is 5.32 Å². The van der Waals surface area contributed by atoms with Gasteiger partial charge in [-0.2, -0.15) is 0 Å². The predicted octanol–water partition coefficient (Wildman–Crippen LogP) is 0.392. The molecule has 1 amide bonds. The predicted molar refractivity (Wildman–Crippen MR) is 117 cm³/mol. The molecule has 0 atom stereocenters. The fraction of sp³-hybridized carbons (Fsp3) is 0.348. The smallest absolute Gasteiger partial charge is 0.275 e. The molecule has 1 saturated heterocycles. The second kappa shape index (κ2) is 11.7. The summed E-state index contributed by atoms with van der Waals surface area (Å²) in [5.41, 5.74) is 1.26. The van der Waals surface area contributed by atoms with E-state index in [1.807, 2.05) is 24.3 Å². The third-order valence-corrected chi connectivity index (χ3v) is 6.04. The highest BCUT2D eigenvalue weighted by atomic mass is 32.2. The molecule has 5 heteroatoms. The summed E-state index contributed by atoms with van der Waals surface area (Å²) in [6.07, 6.45) is 4.47. The molecule has 1 aliphatic rings. The van der Waals surface area contributed by atoms with Crippen molar-refractivity contribution in [2.75, 3.05) is 51.6 Å². The maximum Gasteiger partial charge on any atom is 0.275 e. The summed E-state index contributed by atoms with van der Waals surface area (Å²) in [4.78, 5) is 16.4. The first kappa shape index (κ1) is 20.6. The summed E-state index contributed by atoms with van der Waals surface area (Å²) < 4.78 is 0. The molecule has 0 radical (unpaired) electrons. The van der Waals surface area contributed by atoms with E-state index in [1.165, 1.54) is 15.4 Å². The van der Waals surface area contributed by atoms with Gasteiger partial charge in [0.25, 0.3) is 5.91 Å². The molecular formula is C23H31N3OS+2. The Balaban J connectivity index is 1.26. The number of hydrogen-bond donors (Lipinski definition) is 3. The lowest BCUT2D eigenvalue weighted by Crippen LogP contribution is -3.28. The molecule has 3 N–H and O–H groups in total. The van der Waals surface area contributed by atoms with Crippen LogP contribution in [-0.2, 0) is 4.79 Å². The fourth-order valence-corrected chi connectivity index (χ4v) is 4.22. The van der Waals surface area contributed by atoms with E-state index >= 15 is 0 Å². The number of carbonyl (C=O) groups is 1. The highest BCUT2D eigenvalue weighted by Gasteiger charge is 2.23. The Hall–Kier alpha value is -2.08. The molecule has 0 aromatic heterocycles. The van der Waals surface area contributed by atoms with Crippen molar-refractivity contribution in [3.63, 3.8) is 0 Å². The number of quaternary nitrogens is 2. The van der Waals surface area contributed by atoms with Crippen LogP contribution in [0.25, 0.3) is 6.08 Å². The topological polar surface area (TPSA) is 38.0 Å².